The smallest absolute Gasteiger partial charge is 0.691 e. The Labute approximate surface area is 473 Å². The molecule has 0 aliphatic carbocycles. The van der Waals surface area contributed by atoms with Crippen LogP contribution in [0.3, 0.4) is 0 Å². The van der Waals surface area contributed by atoms with Gasteiger partial charge in [-0.1, -0.05) is 214 Å². The predicted octanol–water partition coefficient (Wildman–Crippen LogP) is 7.51. The van der Waals surface area contributed by atoms with E-state index in [1.54, 1.807) is 6.92 Å². The van der Waals surface area contributed by atoms with Gasteiger partial charge in [0.15, 0.2) is 36.9 Å². The third-order valence-electron chi connectivity index (χ3n) is 14.6. The first-order chi connectivity index (χ1) is 35.3. The fraction of sp³-hybridized carbons (Fsp3) is 0.929. The van der Waals surface area contributed by atoms with Gasteiger partial charge in [0.05, 0.1) is 13.2 Å². The van der Waals surface area contributed by atoms with E-state index >= 15 is 0 Å². The number of hydrogen-bond donors (Lipinski definition) is 5. The number of esters is 2. The van der Waals surface area contributed by atoms with Crippen molar-refractivity contribution < 1.29 is 107 Å². The number of allylic oxidation sites excluding steroid dienone is 1. The average Bonchev–Trinajstić information content (AvgIpc) is 3.36. The third kappa shape index (κ3) is 30.8. The molecule has 18 heteroatoms. The van der Waals surface area contributed by atoms with E-state index in [1.807, 2.05) is 13.0 Å². The van der Waals surface area contributed by atoms with Gasteiger partial charge in [-0.3, -0.25) is 14.0 Å². The van der Waals surface area contributed by atoms with E-state index in [2.05, 4.69) is 37.1 Å². The molecule has 5 N–H and O–H groups in total. The van der Waals surface area contributed by atoms with Crippen molar-refractivity contribution in [2.45, 2.75) is 302 Å². The molecular weight excluding hydrogens is 984 g/mol. The molecule has 2 saturated heterocycles. The van der Waals surface area contributed by atoms with Crippen molar-refractivity contribution in [1.82, 2.24) is 0 Å². The van der Waals surface area contributed by atoms with Crippen LogP contribution in [0, 0.1) is 17.8 Å². The summed E-state index contributed by atoms with van der Waals surface area (Å²) in [5.41, 5.74) is 0.272. The van der Waals surface area contributed by atoms with E-state index in [9.17, 15) is 40.4 Å². The van der Waals surface area contributed by atoms with Crippen molar-refractivity contribution in [3.63, 3.8) is 0 Å². The zero-order valence-corrected chi connectivity index (χ0v) is 49.9. The molecule has 0 aromatic heterocycles. The van der Waals surface area contributed by atoms with Crippen LogP contribution in [0.4, 0.5) is 0 Å². The van der Waals surface area contributed by atoms with Gasteiger partial charge in [-0.15, -0.1) is 4.33 Å². The summed E-state index contributed by atoms with van der Waals surface area (Å²) >= 11 is 0.00138. The van der Waals surface area contributed by atoms with Crippen LogP contribution in [0.1, 0.15) is 241 Å². The SMILES string of the molecule is CCCCCCCCCCCCCCCC[C@H](C)C[C@H](C)C[C@H](C)/C=C(\C)C(=O)OC1C(O)C(CO)OC(OC2OC(CO)C(O)C(O)C2OSOO[O-])C1OC(=O)CCCCCCCCCCCCCCC.[Na+]. The van der Waals surface area contributed by atoms with Crippen LogP contribution in [-0.2, 0) is 46.8 Å². The number of unbranched alkanes of at least 4 members (excludes halogenated alkanes) is 25. The quantitative estimate of drug-likeness (QED) is 0.00755. The Kier molecular flexibility index (Phi) is 43.8. The van der Waals surface area contributed by atoms with Gasteiger partial charge < -0.3 is 54.5 Å². The minimum absolute atomic E-state index is 0. The van der Waals surface area contributed by atoms with E-state index in [4.69, 9.17) is 27.9 Å². The monoisotopic (exact) mass is 1090 g/mol. The first-order valence-corrected chi connectivity index (χ1v) is 29.6. The number of carbonyl (C=O) groups is 2. The molecule has 2 aliphatic rings. The molecular formula is C56H103NaO16S. The number of rotatable bonds is 45. The number of hydrogen-bond acceptors (Lipinski definition) is 17. The molecule has 74 heavy (non-hydrogen) atoms. The van der Waals surface area contributed by atoms with Crippen molar-refractivity contribution in [1.29, 1.82) is 0 Å². The van der Waals surface area contributed by atoms with Crippen molar-refractivity contribution in [2.24, 2.45) is 17.8 Å². The Hall–Kier alpha value is -0.450. The zero-order chi connectivity index (χ0) is 53.6. The summed E-state index contributed by atoms with van der Waals surface area (Å²) in [5.74, 6) is -0.461. The van der Waals surface area contributed by atoms with Gasteiger partial charge in [0.2, 0.25) is 6.29 Å². The third-order valence-corrected chi connectivity index (χ3v) is 15.0. The minimum Gasteiger partial charge on any atom is -0.691 e. The van der Waals surface area contributed by atoms with Gasteiger partial charge in [0.1, 0.15) is 30.5 Å². The predicted molar refractivity (Wildman–Crippen MR) is 281 cm³/mol. The van der Waals surface area contributed by atoms with Crippen LogP contribution in [-0.4, -0.2) is 112 Å². The summed E-state index contributed by atoms with van der Waals surface area (Å²) in [6, 6.07) is 0. The second kappa shape index (κ2) is 45.3. The van der Waals surface area contributed by atoms with Gasteiger partial charge in [0, 0.05) is 12.0 Å². The van der Waals surface area contributed by atoms with E-state index in [1.165, 1.54) is 148 Å². The zero-order valence-electron chi connectivity index (χ0n) is 47.1. The molecule has 13 atom stereocenters. The van der Waals surface area contributed by atoms with Crippen LogP contribution in [0.2, 0.25) is 0 Å². The molecule has 0 aromatic rings. The molecule has 0 spiro atoms. The molecule has 0 amide bonds. The van der Waals surface area contributed by atoms with Crippen molar-refractivity contribution >= 4 is 24.3 Å². The first-order valence-electron chi connectivity index (χ1n) is 28.9. The molecule has 0 bridgehead atoms. The minimum atomic E-state index is -1.79. The Balaban J connectivity index is 0.0000274. The molecule has 2 heterocycles. The molecule has 2 fully saturated rings. The Morgan fingerprint density at radius 3 is 1.50 bits per heavy atom. The van der Waals surface area contributed by atoms with Crippen LogP contribution < -0.4 is 34.8 Å². The molecule has 0 saturated carbocycles. The van der Waals surface area contributed by atoms with E-state index < -0.39 is 86.6 Å². The van der Waals surface area contributed by atoms with Crippen LogP contribution >= 0.6 is 12.3 Å². The molecule has 16 nitrogen and oxygen atoms in total. The second-order valence-corrected chi connectivity index (χ2v) is 22.0. The molecule has 2 aliphatic heterocycles. The van der Waals surface area contributed by atoms with Crippen LogP contribution in [0.25, 0.3) is 0 Å². The van der Waals surface area contributed by atoms with Crippen LogP contribution in [0.5, 0.6) is 0 Å². The topological polar surface area (TPSA) is 232 Å². The Bertz CT molecular complexity index is 1400. The maximum Gasteiger partial charge on any atom is 1.00 e. The fourth-order valence-corrected chi connectivity index (χ4v) is 10.7. The van der Waals surface area contributed by atoms with Crippen molar-refractivity contribution in [3.8, 4) is 0 Å². The van der Waals surface area contributed by atoms with Gasteiger partial charge in [-0.25, -0.2) is 4.79 Å². The number of aliphatic hydroxyl groups excluding tert-OH is 5. The number of carbonyl (C=O) groups excluding carboxylic acids is 2. The van der Waals surface area contributed by atoms with Crippen molar-refractivity contribution in [3.05, 3.63) is 11.6 Å². The maximum absolute atomic E-state index is 13.9. The summed E-state index contributed by atoms with van der Waals surface area (Å²) < 4.78 is 39.1. The Morgan fingerprint density at radius 1 is 0.581 bits per heavy atom. The maximum atomic E-state index is 13.9. The van der Waals surface area contributed by atoms with E-state index in [0.717, 1.165) is 38.5 Å². The van der Waals surface area contributed by atoms with Crippen LogP contribution in [0.15, 0.2) is 11.6 Å². The average molecular weight is 1090 g/mol. The number of aliphatic hydroxyl groups is 5. The molecule has 430 valence electrons. The normalized spacial score (nSPS) is 25.5. The van der Waals surface area contributed by atoms with Gasteiger partial charge >= 0.3 is 41.5 Å². The first kappa shape index (κ1) is 71.6. The molecule has 2 rings (SSSR count). The molecule has 10 unspecified atom stereocenters. The van der Waals surface area contributed by atoms with Gasteiger partial charge in [0.25, 0.3) is 0 Å². The summed E-state index contributed by atoms with van der Waals surface area (Å²) in [7, 11) is 0. The summed E-state index contributed by atoms with van der Waals surface area (Å²) in [6.45, 7) is 11.2. The second-order valence-electron chi connectivity index (χ2n) is 21.5. The summed E-state index contributed by atoms with van der Waals surface area (Å²) in [6.07, 6.45) is 22.0. The standard InChI is InChI=1S/C56H104O16S.Na/c1-7-9-11-13-15-17-19-21-23-24-26-28-30-32-34-41(3)36-42(4)37-43(5)38-44(6)54(63)68-51-49(61)46(40-58)66-56(69-55-52(70-73-72-71-64)50(62)48(60)45(39-57)65-55)53(51)67-47(59)35-33-31-29-27-25-22-20-18-16-14-12-10-8-2;/h38,41-43,45-46,48-53,55-58,60-62,64H,7-37,39-40H2,1-6H3;/q;+1/p-1/b44-38+;/t41-,42-,43-,45?,46?,48?,49?,50?,51?,52?,53?,55?,56?;/m0./s1. The Morgan fingerprint density at radius 2 is 1.03 bits per heavy atom. The summed E-state index contributed by atoms with van der Waals surface area (Å²) in [4.78, 5) is 27.5. The molecule has 0 radical (unpaired) electrons. The van der Waals surface area contributed by atoms with Crippen molar-refractivity contribution in [2.75, 3.05) is 13.2 Å². The summed E-state index contributed by atoms with van der Waals surface area (Å²) in [5, 5.41) is 67.1. The number of ether oxygens (including phenoxy) is 5. The largest absolute Gasteiger partial charge is 1.00 e. The van der Waals surface area contributed by atoms with Gasteiger partial charge in [-0.05, 0) is 43.9 Å². The van der Waals surface area contributed by atoms with Gasteiger partial charge in [-0.2, -0.15) is 0 Å². The molecule has 0 aromatic carbocycles. The fourth-order valence-electron chi connectivity index (χ4n) is 10.4. The van der Waals surface area contributed by atoms with E-state index in [-0.39, 0.29) is 59.8 Å². The van der Waals surface area contributed by atoms with E-state index in [0.29, 0.717) is 18.3 Å².